The number of benzene rings is 3. The minimum absolute atomic E-state index is 0.110. The molecule has 1 fully saturated rings. The highest BCUT2D eigenvalue weighted by molar-refractivity contribution is 14.1. The van der Waals surface area contributed by atoms with E-state index in [2.05, 4.69) is 37.4 Å². The molecule has 1 atom stereocenters. The van der Waals surface area contributed by atoms with Crippen molar-refractivity contribution in [2.24, 2.45) is 0 Å². The maximum absolute atomic E-state index is 14.7. The van der Waals surface area contributed by atoms with Gasteiger partial charge in [0, 0.05) is 76.8 Å². The highest BCUT2D eigenvalue weighted by Crippen LogP contribution is 2.34. The van der Waals surface area contributed by atoms with Gasteiger partial charge in [-0.15, -0.1) is 0 Å². The van der Waals surface area contributed by atoms with Gasteiger partial charge in [-0.3, -0.25) is 9.59 Å². The number of carbonyl (C=O) groups is 2. The van der Waals surface area contributed by atoms with Crippen LogP contribution in [0, 0.1) is 0 Å². The van der Waals surface area contributed by atoms with E-state index in [1.54, 1.807) is 36.2 Å². The van der Waals surface area contributed by atoms with Gasteiger partial charge >= 0.3 is 6.18 Å². The molecule has 0 N–H and O–H groups in total. The summed E-state index contributed by atoms with van der Waals surface area (Å²) < 4.78 is 48.9. The SMILES string of the molecule is COc1ccc(CN(C)CCN(C)C(=O)C(I)(Cc2ccccc2)N(Cc2ccc(N3CCOCC3)cc2)C(=O)C=Cc2ccc(C(F)(F)F)cc2)cn1. The second-order valence-corrected chi connectivity index (χ2v) is 15.0. The molecule has 4 aromatic rings. The maximum atomic E-state index is 14.7. The van der Waals surface area contributed by atoms with E-state index < -0.39 is 21.2 Å². The topological polar surface area (TPSA) is 78.5 Å². The Hall–Kier alpha value is -4.47. The van der Waals surface area contributed by atoms with Crippen molar-refractivity contribution < 1.29 is 32.2 Å². The summed E-state index contributed by atoms with van der Waals surface area (Å²) in [6.45, 7) is 4.51. The second-order valence-electron chi connectivity index (χ2n) is 13.2. The third-order valence-electron chi connectivity index (χ3n) is 9.24. The first kappa shape index (κ1) is 40.7. The number of rotatable bonds is 15. The van der Waals surface area contributed by atoms with Crippen LogP contribution in [0.15, 0.2) is 103 Å². The highest BCUT2D eigenvalue weighted by atomic mass is 127. The van der Waals surface area contributed by atoms with Crippen LogP contribution in [-0.2, 0) is 40.0 Å². The maximum Gasteiger partial charge on any atom is 0.416 e. The van der Waals surface area contributed by atoms with Crippen molar-refractivity contribution in [1.82, 2.24) is 19.7 Å². The predicted octanol–water partition coefficient (Wildman–Crippen LogP) is 6.95. The summed E-state index contributed by atoms with van der Waals surface area (Å²) in [5.74, 6) is -0.180. The van der Waals surface area contributed by atoms with Crippen molar-refractivity contribution in [3.05, 3.63) is 131 Å². The molecule has 1 aliphatic heterocycles. The number of methoxy groups -OCH3 is 1. The number of pyridine rings is 1. The number of likely N-dealkylation sites (N-methyl/N-ethyl adjacent to an activating group) is 2. The molecule has 2 heterocycles. The van der Waals surface area contributed by atoms with E-state index in [4.69, 9.17) is 9.47 Å². The molecular weight excluding hydrogens is 810 g/mol. The van der Waals surface area contributed by atoms with Gasteiger partial charge in [0.05, 0.1) is 25.9 Å². The zero-order valence-electron chi connectivity index (χ0n) is 30.6. The fourth-order valence-electron chi connectivity index (χ4n) is 6.12. The van der Waals surface area contributed by atoms with Gasteiger partial charge in [0.25, 0.3) is 5.91 Å². The van der Waals surface area contributed by atoms with Crippen LogP contribution in [0.25, 0.3) is 6.08 Å². The van der Waals surface area contributed by atoms with Crippen LogP contribution < -0.4 is 9.64 Å². The zero-order chi connectivity index (χ0) is 38.7. The van der Waals surface area contributed by atoms with E-state index in [-0.39, 0.29) is 18.9 Å². The van der Waals surface area contributed by atoms with Gasteiger partial charge in [-0.05, 0) is 82.2 Å². The molecule has 1 saturated heterocycles. The third kappa shape index (κ3) is 11.0. The summed E-state index contributed by atoms with van der Waals surface area (Å²) in [6, 6.07) is 25.8. The Morgan fingerprint density at radius 2 is 1.54 bits per heavy atom. The van der Waals surface area contributed by atoms with E-state index >= 15 is 0 Å². The molecule has 0 aliphatic carbocycles. The van der Waals surface area contributed by atoms with Gasteiger partial charge in [0.15, 0.2) is 3.55 Å². The quantitative estimate of drug-likeness (QED) is 0.0555. The molecule has 0 bridgehead atoms. The molecule has 2 amide bonds. The number of amides is 2. The Balaban J connectivity index is 1.43. The first-order chi connectivity index (χ1) is 25.9. The van der Waals surface area contributed by atoms with Gasteiger partial charge in [-0.25, -0.2) is 4.98 Å². The lowest BCUT2D eigenvalue weighted by molar-refractivity contribution is -0.144. The van der Waals surface area contributed by atoms with Crippen LogP contribution in [0.2, 0.25) is 0 Å². The Morgan fingerprint density at radius 3 is 2.15 bits per heavy atom. The van der Waals surface area contributed by atoms with Crippen LogP contribution >= 0.6 is 22.6 Å². The van der Waals surface area contributed by atoms with E-state index in [9.17, 15) is 22.8 Å². The monoisotopic (exact) mass is 855 g/mol. The normalized spacial score (nSPS) is 14.6. The van der Waals surface area contributed by atoms with Gasteiger partial charge in [-0.1, -0.05) is 60.7 Å². The van der Waals surface area contributed by atoms with Gasteiger partial charge < -0.3 is 29.1 Å². The summed E-state index contributed by atoms with van der Waals surface area (Å²) >= 11 is 2.11. The lowest BCUT2D eigenvalue weighted by Gasteiger charge is -2.41. The molecular formula is C41H45F3IN5O4. The van der Waals surface area contributed by atoms with Crippen molar-refractivity contribution in [1.29, 1.82) is 0 Å². The first-order valence-corrected chi connectivity index (χ1v) is 18.7. The number of hydrogen-bond acceptors (Lipinski definition) is 7. The molecule has 1 aliphatic rings. The van der Waals surface area contributed by atoms with Crippen molar-refractivity contribution in [3.63, 3.8) is 0 Å². The smallest absolute Gasteiger partial charge is 0.416 e. The molecule has 1 unspecified atom stereocenters. The summed E-state index contributed by atoms with van der Waals surface area (Å²) in [6.07, 6.45) is 0.311. The van der Waals surface area contributed by atoms with Crippen LogP contribution in [0.4, 0.5) is 18.9 Å². The number of alkyl halides is 4. The number of carbonyl (C=O) groups excluding carboxylic acids is 2. The fraction of sp³-hybridized carbons (Fsp3) is 0.341. The van der Waals surface area contributed by atoms with Gasteiger partial charge in [0.2, 0.25) is 11.8 Å². The Labute approximate surface area is 328 Å². The molecule has 0 radical (unpaired) electrons. The Kier molecular flexibility index (Phi) is 14.1. The second kappa shape index (κ2) is 18.7. The fourth-order valence-corrected chi connectivity index (χ4v) is 7.38. The minimum atomic E-state index is -4.47. The number of ether oxygens (including phenoxy) is 2. The summed E-state index contributed by atoms with van der Waals surface area (Å²) in [4.78, 5) is 41.0. The van der Waals surface area contributed by atoms with Crippen molar-refractivity contribution >= 4 is 46.2 Å². The molecule has 286 valence electrons. The molecule has 0 saturated carbocycles. The first-order valence-electron chi connectivity index (χ1n) is 17.6. The third-order valence-corrected chi connectivity index (χ3v) is 10.7. The Morgan fingerprint density at radius 1 is 0.870 bits per heavy atom. The summed E-state index contributed by atoms with van der Waals surface area (Å²) in [5, 5.41) is 0. The molecule has 1 aromatic heterocycles. The number of morpholine rings is 1. The molecule has 0 spiro atoms. The van der Waals surface area contributed by atoms with E-state index in [0.29, 0.717) is 44.3 Å². The number of halogens is 4. The molecule has 5 rings (SSSR count). The average molecular weight is 856 g/mol. The van der Waals surface area contributed by atoms with Crippen LogP contribution in [-0.4, -0.2) is 95.6 Å². The number of aromatic nitrogens is 1. The lowest BCUT2D eigenvalue weighted by Crippen LogP contribution is -2.58. The average Bonchev–Trinajstić information content (AvgIpc) is 3.18. The molecule has 3 aromatic carbocycles. The van der Waals surface area contributed by atoms with E-state index in [0.717, 1.165) is 47.6 Å². The largest absolute Gasteiger partial charge is 0.481 e. The number of hydrogen-bond donors (Lipinski definition) is 0. The van der Waals surface area contributed by atoms with Crippen molar-refractivity contribution in [2.45, 2.75) is 29.2 Å². The van der Waals surface area contributed by atoms with Crippen molar-refractivity contribution in [2.75, 3.05) is 65.5 Å². The Bertz CT molecular complexity index is 1840. The lowest BCUT2D eigenvalue weighted by atomic mass is 10.0. The van der Waals surface area contributed by atoms with E-state index in [1.807, 2.05) is 67.7 Å². The van der Waals surface area contributed by atoms with Crippen LogP contribution in [0.3, 0.4) is 0 Å². The predicted molar refractivity (Wildman–Crippen MR) is 212 cm³/mol. The zero-order valence-corrected chi connectivity index (χ0v) is 32.8. The minimum Gasteiger partial charge on any atom is -0.481 e. The standard InChI is InChI=1S/C41H45F3IN5O4/c1-47(29-34-13-19-37(53-3)46-28-34)21-22-48(2)39(52)40(45,27-32-7-5-4-6-8-32)50(30-33-11-17-36(18-12-33)49-23-25-54-26-24-49)38(51)20-14-31-9-15-35(16-10-31)41(42,43)44/h4-20,28H,21-27,29-30H2,1-3H3. The number of anilines is 1. The number of nitrogens with zero attached hydrogens (tertiary/aromatic N) is 5. The van der Waals surface area contributed by atoms with Crippen LogP contribution in [0.1, 0.15) is 27.8 Å². The van der Waals surface area contributed by atoms with Crippen molar-refractivity contribution in [3.8, 4) is 5.88 Å². The highest BCUT2D eigenvalue weighted by Gasteiger charge is 2.45. The van der Waals surface area contributed by atoms with Gasteiger partial charge in [-0.2, -0.15) is 13.2 Å². The van der Waals surface area contributed by atoms with Crippen LogP contribution in [0.5, 0.6) is 5.88 Å². The van der Waals surface area contributed by atoms with Gasteiger partial charge in [0.1, 0.15) is 0 Å². The summed E-state index contributed by atoms with van der Waals surface area (Å²) in [7, 11) is 5.27. The summed E-state index contributed by atoms with van der Waals surface area (Å²) in [5.41, 5.74) is 3.37. The van der Waals surface area contributed by atoms with E-state index in [1.165, 1.54) is 24.3 Å². The molecule has 9 nitrogen and oxygen atoms in total. The molecule has 54 heavy (non-hydrogen) atoms. The molecule has 13 heteroatoms.